The van der Waals surface area contributed by atoms with E-state index in [4.69, 9.17) is 9.47 Å². The summed E-state index contributed by atoms with van der Waals surface area (Å²) in [7, 11) is 3.60. The van der Waals surface area contributed by atoms with Gasteiger partial charge < -0.3 is 14.8 Å². The quantitative estimate of drug-likeness (QED) is 0.873. The van der Waals surface area contributed by atoms with Crippen LogP contribution in [-0.4, -0.2) is 27.3 Å². The minimum Gasteiger partial charge on any atom is -0.492 e. The fourth-order valence-electron chi connectivity index (χ4n) is 1.50. The summed E-state index contributed by atoms with van der Waals surface area (Å²) in [5.41, 5.74) is 1.23. The van der Waals surface area contributed by atoms with Crippen LogP contribution < -0.4 is 14.8 Å². The minimum atomic E-state index is 0.637. The van der Waals surface area contributed by atoms with E-state index in [0.29, 0.717) is 6.61 Å². The Hall–Kier alpha value is -0.740. The van der Waals surface area contributed by atoms with Crippen LogP contribution in [0.4, 0.5) is 0 Å². The van der Waals surface area contributed by atoms with E-state index in [1.165, 1.54) is 5.56 Å². The van der Waals surface area contributed by atoms with E-state index in [9.17, 15) is 0 Å². The van der Waals surface area contributed by atoms with Crippen molar-refractivity contribution in [3.05, 3.63) is 22.2 Å². The number of likely N-dealkylation sites (N-methyl/N-ethyl adjacent to an activating group) is 1. The molecule has 0 atom stereocenters. The van der Waals surface area contributed by atoms with Crippen molar-refractivity contribution < 1.29 is 9.47 Å². The molecule has 1 N–H and O–H groups in total. The lowest BCUT2D eigenvalue weighted by Gasteiger charge is -2.13. The summed E-state index contributed by atoms with van der Waals surface area (Å²) >= 11 is 3.49. The summed E-state index contributed by atoms with van der Waals surface area (Å²) in [5.74, 6) is 1.56. The summed E-state index contributed by atoms with van der Waals surface area (Å²) in [6, 6.07) is 4.10. The predicted molar refractivity (Wildman–Crippen MR) is 69.5 cm³/mol. The van der Waals surface area contributed by atoms with Gasteiger partial charge in [-0.1, -0.05) is 0 Å². The molecular weight excluding hydrogens is 270 g/mol. The molecule has 0 spiro atoms. The Labute approximate surface area is 105 Å². The minimum absolute atomic E-state index is 0.637. The summed E-state index contributed by atoms with van der Waals surface area (Å²) in [6.07, 6.45) is 0.971. The molecule has 1 aromatic rings. The molecule has 0 saturated carbocycles. The van der Waals surface area contributed by atoms with E-state index in [2.05, 4.69) is 27.3 Å². The average Bonchev–Trinajstić information content (AvgIpc) is 2.26. The van der Waals surface area contributed by atoms with Crippen LogP contribution in [0.25, 0.3) is 0 Å². The van der Waals surface area contributed by atoms with Gasteiger partial charge >= 0.3 is 0 Å². The van der Waals surface area contributed by atoms with Crippen molar-refractivity contribution in [1.29, 1.82) is 0 Å². The van der Waals surface area contributed by atoms with E-state index >= 15 is 0 Å². The van der Waals surface area contributed by atoms with E-state index in [1.54, 1.807) is 7.11 Å². The topological polar surface area (TPSA) is 30.5 Å². The first-order chi connectivity index (χ1) is 7.72. The van der Waals surface area contributed by atoms with Crippen molar-refractivity contribution in [2.45, 2.75) is 13.3 Å². The molecule has 0 bridgehead atoms. The molecule has 4 heteroatoms. The maximum absolute atomic E-state index is 5.55. The second kappa shape index (κ2) is 6.76. The molecule has 1 rings (SSSR count). The van der Waals surface area contributed by atoms with Crippen LogP contribution in [0.5, 0.6) is 11.5 Å². The first kappa shape index (κ1) is 13.3. The van der Waals surface area contributed by atoms with Crippen molar-refractivity contribution in [2.75, 3.05) is 27.3 Å². The standard InChI is InChI=1S/C12H18BrNO2/c1-4-16-11-8-9(5-6-14-2)7-10(13)12(11)15-3/h7-8,14H,4-6H2,1-3H3. The Balaban J connectivity index is 2.97. The first-order valence-corrected chi connectivity index (χ1v) is 6.16. The molecular formula is C12H18BrNO2. The van der Waals surface area contributed by atoms with Crippen LogP contribution >= 0.6 is 15.9 Å². The van der Waals surface area contributed by atoms with Crippen molar-refractivity contribution in [1.82, 2.24) is 5.32 Å². The monoisotopic (exact) mass is 287 g/mol. The normalized spacial score (nSPS) is 10.2. The molecule has 0 aliphatic heterocycles. The molecule has 0 aliphatic rings. The third-order valence-corrected chi connectivity index (χ3v) is 2.83. The fraction of sp³-hybridized carbons (Fsp3) is 0.500. The summed E-state index contributed by atoms with van der Waals surface area (Å²) in [4.78, 5) is 0. The molecule has 90 valence electrons. The fourth-order valence-corrected chi connectivity index (χ4v) is 2.15. The smallest absolute Gasteiger partial charge is 0.174 e. The molecule has 0 aliphatic carbocycles. The number of halogens is 1. The Morgan fingerprint density at radius 1 is 1.38 bits per heavy atom. The van der Waals surface area contributed by atoms with E-state index in [1.807, 2.05) is 20.0 Å². The first-order valence-electron chi connectivity index (χ1n) is 5.36. The zero-order valence-corrected chi connectivity index (χ0v) is 11.6. The highest BCUT2D eigenvalue weighted by atomic mass is 79.9. The Kier molecular flexibility index (Phi) is 5.63. The highest BCUT2D eigenvalue weighted by Gasteiger charge is 2.10. The summed E-state index contributed by atoms with van der Waals surface area (Å²) < 4.78 is 11.8. The van der Waals surface area contributed by atoms with Gasteiger partial charge in [-0.3, -0.25) is 0 Å². The van der Waals surface area contributed by atoms with Gasteiger partial charge in [-0.15, -0.1) is 0 Å². The maximum Gasteiger partial charge on any atom is 0.174 e. The van der Waals surface area contributed by atoms with Gasteiger partial charge in [0, 0.05) is 0 Å². The second-order valence-corrected chi connectivity index (χ2v) is 4.25. The van der Waals surface area contributed by atoms with Gasteiger partial charge in [0.2, 0.25) is 0 Å². The van der Waals surface area contributed by atoms with Crippen LogP contribution in [0.15, 0.2) is 16.6 Å². The number of hydrogen-bond acceptors (Lipinski definition) is 3. The SMILES string of the molecule is CCOc1cc(CCNC)cc(Br)c1OC. The van der Waals surface area contributed by atoms with E-state index in [0.717, 1.165) is 28.9 Å². The Morgan fingerprint density at radius 2 is 2.12 bits per heavy atom. The van der Waals surface area contributed by atoms with Gasteiger partial charge in [0.1, 0.15) is 0 Å². The Bertz CT molecular complexity index is 342. The predicted octanol–water partition coefficient (Wildman–Crippen LogP) is 2.62. The molecule has 0 heterocycles. The van der Waals surface area contributed by atoms with Gasteiger partial charge in [-0.05, 0) is 60.6 Å². The third-order valence-electron chi connectivity index (χ3n) is 2.24. The lowest BCUT2D eigenvalue weighted by atomic mass is 10.1. The third kappa shape index (κ3) is 3.39. The largest absolute Gasteiger partial charge is 0.492 e. The van der Waals surface area contributed by atoms with Crippen molar-refractivity contribution in [3.63, 3.8) is 0 Å². The number of rotatable bonds is 6. The molecule has 0 fully saturated rings. The van der Waals surface area contributed by atoms with Gasteiger partial charge in [-0.2, -0.15) is 0 Å². The molecule has 16 heavy (non-hydrogen) atoms. The van der Waals surface area contributed by atoms with Gasteiger partial charge in [0.15, 0.2) is 11.5 Å². The van der Waals surface area contributed by atoms with Crippen LogP contribution in [0.3, 0.4) is 0 Å². The summed E-state index contributed by atoms with van der Waals surface area (Å²) in [5, 5.41) is 3.13. The molecule has 0 unspecified atom stereocenters. The highest BCUT2D eigenvalue weighted by Crippen LogP contribution is 2.36. The molecule has 0 radical (unpaired) electrons. The average molecular weight is 288 g/mol. The number of methoxy groups -OCH3 is 1. The van der Waals surface area contributed by atoms with Crippen LogP contribution in [0.1, 0.15) is 12.5 Å². The van der Waals surface area contributed by atoms with Crippen LogP contribution in [-0.2, 0) is 6.42 Å². The molecule has 1 aromatic carbocycles. The maximum atomic E-state index is 5.55. The zero-order valence-electron chi connectivity index (χ0n) is 9.97. The van der Waals surface area contributed by atoms with Crippen molar-refractivity contribution >= 4 is 15.9 Å². The van der Waals surface area contributed by atoms with Gasteiger partial charge in [0.05, 0.1) is 18.2 Å². The number of benzene rings is 1. The highest BCUT2D eigenvalue weighted by molar-refractivity contribution is 9.10. The lowest BCUT2D eigenvalue weighted by molar-refractivity contribution is 0.309. The van der Waals surface area contributed by atoms with E-state index < -0.39 is 0 Å². The number of ether oxygens (including phenoxy) is 2. The van der Waals surface area contributed by atoms with Gasteiger partial charge in [0.25, 0.3) is 0 Å². The zero-order chi connectivity index (χ0) is 12.0. The number of nitrogens with one attached hydrogen (secondary N) is 1. The second-order valence-electron chi connectivity index (χ2n) is 3.40. The van der Waals surface area contributed by atoms with Crippen molar-refractivity contribution in [3.8, 4) is 11.5 Å². The molecule has 0 aromatic heterocycles. The van der Waals surface area contributed by atoms with Gasteiger partial charge in [-0.25, -0.2) is 0 Å². The van der Waals surface area contributed by atoms with Crippen LogP contribution in [0, 0.1) is 0 Å². The molecule has 0 saturated heterocycles. The molecule has 0 amide bonds. The summed E-state index contributed by atoms with van der Waals surface area (Å²) in [6.45, 7) is 3.55. The van der Waals surface area contributed by atoms with Crippen molar-refractivity contribution in [2.24, 2.45) is 0 Å². The Morgan fingerprint density at radius 3 is 2.69 bits per heavy atom. The number of hydrogen-bond donors (Lipinski definition) is 1. The molecule has 3 nitrogen and oxygen atoms in total. The van der Waals surface area contributed by atoms with Crippen LogP contribution in [0.2, 0.25) is 0 Å². The van der Waals surface area contributed by atoms with E-state index in [-0.39, 0.29) is 0 Å². The lowest BCUT2D eigenvalue weighted by Crippen LogP contribution is -2.10.